The molecule has 1 aliphatic rings. The predicted molar refractivity (Wildman–Crippen MR) is 95.7 cm³/mol. The van der Waals surface area contributed by atoms with Crippen LogP contribution in [0.3, 0.4) is 0 Å². The van der Waals surface area contributed by atoms with Crippen molar-refractivity contribution in [2.24, 2.45) is 0 Å². The van der Waals surface area contributed by atoms with E-state index >= 15 is 0 Å². The van der Waals surface area contributed by atoms with Crippen LogP contribution in [-0.2, 0) is 30.4 Å². The summed E-state index contributed by atoms with van der Waals surface area (Å²) in [5.41, 5.74) is 1.18. The smallest absolute Gasteiger partial charge is 0.307 e. The maximum Gasteiger partial charge on any atom is 0.435 e. The lowest BCUT2D eigenvalue weighted by Crippen LogP contribution is -2.21. The lowest BCUT2D eigenvalue weighted by molar-refractivity contribution is -0.142. The molecule has 3 heterocycles. The SMILES string of the molecule is Cc1ccc2c(NC(=O)Cn3nc(C(F)(F)F)c4c3CCCCC4)n[nH]c2n1. The molecule has 4 rings (SSSR count). The lowest BCUT2D eigenvalue weighted by Gasteiger charge is -2.07. The quantitative estimate of drug-likeness (QED) is 0.669. The molecule has 1 aliphatic carbocycles. The number of hydrogen-bond donors (Lipinski definition) is 2. The van der Waals surface area contributed by atoms with Crippen LogP contribution in [0.5, 0.6) is 0 Å². The summed E-state index contributed by atoms with van der Waals surface area (Å²) in [4.78, 5) is 16.8. The van der Waals surface area contributed by atoms with Crippen molar-refractivity contribution in [2.45, 2.75) is 51.7 Å². The summed E-state index contributed by atoms with van der Waals surface area (Å²) in [7, 11) is 0. The second-order valence-electron chi connectivity index (χ2n) is 6.96. The van der Waals surface area contributed by atoms with Gasteiger partial charge in [0.05, 0.1) is 5.39 Å². The Morgan fingerprint density at radius 2 is 2.04 bits per heavy atom. The minimum absolute atomic E-state index is 0.225. The molecule has 0 bridgehead atoms. The minimum Gasteiger partial charge on any atom is -0.307 e. The molecule has 3 aromatic rings. The zero-order valence-corrected chi connectivity index (χ0v) is 15.2. The number of aromatic nitrogens is 5. The number of aryl methyl sites for hydroxylation is 1. The van der Waals surface area contributed by atoms with E-state index in [0.717, 1.165) is 18.5 Å². The van der Waals surface area contributed by atoms with Crippen LogP contribution in [0, 0.1) is 6.92 Å². The van der Waals surface area contributed by atoms with Gasteiger partial charge in [0, 0.05) is 17.0 Å². The van der Waals surface area contributed by atoms with Gasteiger partial charge in [-0.05, 0) is 44.7 Å². The van der Waals surface area contributed by atoms with Crippen LogP contribution in [-0.4, -0.2) is 30.9 Å². The van der Waals surface area contributed by atoms with E-state index in [1.54, 1.807) is 12.1 Å². The van der Waals surface area contributed by atoms with E-state index in [4.69, 9.17) is 0 Å². The van der Waals surface area contributed by atoms with E-state index in [2.05, 4.69) is 25.6 Å². The molecule has 0 saturated carbocycles. The maximum absolute atomic E-state index is 13.4. The van der Waals surface area contributed by atoms with E-state index in [0.29, 0.717) is 41.8 Å². The first-order chi connectivity index (χ1) is 13.3. The number of nitrogens with zero attached hydrogens (tertiary/aromatic N) is 4. The molecule has 1 amide bonds. The van der Waals surface area contributed by atoms with Gasteiger partial charge in [-0.2, -0.15) is 23.4 Å². The number of pyridine rings is 1. The number of nitrogens with one attached hydrogen (secondary N) is 2. The first kappa shape index (κ1) is 18.5. The highest BCUT2D eigenvalue weighted by atomic mass is 19.4. The van der Waals surface area contributed by atoms with E-state index in [-0.39, 0.29) is 12.1 Å². The summed E-state index contributed by atoms with van der Waals surface area (Å²) in [6.45, 7) is 1.53. The highest BCUT2D eigenvalue weighted by molar-refractivity contribution is 5.98. The van der Waals surface area contributed by atoms with E-state index in [1.165, 1.54) is 4.68 Å². The van der Waals surface area contributed by atoms with Crippen molar-refractivity contribution >= 4 is 22.8 Å². The highest BCUT2D eigenvalue weighted by Gasteiger charge is 2.39. The molecular formula is C18H19F3N6O. The van der Waals surface area contributed by atoms with Crippen LogP contribution in [0.1, 0.15) is 41.9 Å². The molecule has 0 radical (unpaired) electrons. The van der Waals surface area contributed by atoms with Crippen molar-refractivity contribution in [3.05, 3.63) is 34.8 Å². The first-order valence-corrected chi connectivity index (χ1v) is 9.10. The third-order valence-electron chi connectivity index (χ3n) is 4.89. The van der Waals surface area contributed by atoms with Crippen molar-refractivity contribution in [1.29, 1.82) is 0 Å². The Kier molecular flexibility index (Phi) is 4.56. The first-order valence-electron chi connectivity index (χ1n) is 9.10. The number of halogens is 3. The second-order valence-corrected chi connectivity index (χ2v) is 6.96. The van der Waals surface area contributed by atoms with Crippen LogP contribution >= 0.6 is 0 Å². The fourth-order valence-corrected chi connectivity index (χ4v) is 3.61. The Morgan fingerprint density at radius 3 is 2.82 bits per heavy atom. The van der Waals surface area contributed by atoms with Crippen molar-refractivity contribution in [3.63, 3.8) is 0 Å². The van der Waals surface area contributed by atoms with Gasteiger partial charge in [-0.25, -0.2) is 4.98 Å². The number of aromatic amines is 1. The van der Waals surface area contributed by atoms with Crippen LogP contribution in [0.25, 0.3) is 11.0 Å². The van der Waals surface area contributed by atoms with Crippen LogP contribution in [0.2, 0.25) is 0 Å². The van der Waals surface area contributed by atoms with E-state index in [1.807, 2.05) is 6.92 Å². The van der Waals surface area contributed by atoms with Gasteiger partial charge in [0.1, 0.15) is 6.54 Å². The monoisotopic (exact) mass is 392 g/mol. The van der Waals surface area contributed by atoms with Gasteiger partial charge in [0.15, 0.2) is 17.2 Å². The summed E-state index contributed by atoms with van der Waals surface area (Å²) in [5, 5.41) is 13.8. The molecule has 10 heteroatoms. The largest absolute Gasteiger partial charge is 0.435 e. The third-order valence-corrected chi connectivity index (χ3v) is 4.89. The number of amides is 1. The average molecular weight is 392 g/mol. The number of anilines is 1. The fraction of sp³-hybridized carbons (Fsp3) is 0.444. The molecule has 7 nitrogen and oxygen atoms in total. The van der Waals surface area contributed by atoms with Gasteiger partial charge in [-0.1, -0.05) is 6.42 Å². The predicted octanol–water partition coefficient (Wildman–Crippen LogP) is 3.39. The molecule has 28 heavy (non-hydrogen) atoms. The summed E-state index contributed by atoms with van der Waals surface area (Å²) in [5.74, 6) is -0.195. The highest BCUT2D eigenvalue weighted by Crippen LogP contribution is 2.35. The molecule has 0 spiro atoms. The molecular weight excluding hydrogens is 373 g/mol. The Morgan fingerprint density at radius 1 is 1.25 bits per heavy atom. The number of alkyl halides is 3. The van der Waals surface area contributed by atoms with Crippen LogP contribution in [0.4, 0.5) is 19.0 Å². The summed E-state index contributed by atoms with van der Waals surface area (Å²) >= 11 is 0. The van der Waals surface area contributed by atoms with Crippen LogP contribution in [0.15, 0.2) is 12.1 Å². The van der Waals surface area contributed by atoms with Crippen molar-refractivity contribution < 1.29 is 18.0 Å². The molecule has 148 valence electrons. The third kappa shape index (κ3) is 3.46. The Hall–Kier alpha value is -2.91. The summed E-state index contributed by atoms with van der Waals surface area (Å²) < 4.78 is 41.3. The molecule has 0 aromatic carbocycles. The zero-order valence-electron chi connectivity index (χ0n) is 15.2. The van der Waals surface area contributed by atoms with Crippen LogP contribution < -0.4 is 5.32 Å². The maximum atomic E-state index is 13.4. The second kappa shape index (κ2) is 6.92. The molecule has 0 aliphatic heterocycles. The lowest BCUT2D eigenvalue weighted by atomic mass is 10.1. The zero-order chi connectivity index (χ0) is 19.9. The molecule has 3 aromatic heterocycles. The Labute approximate surface area is 158 Å². The Balaban J connectivity index is 1.59. The number of H-pyrrole nitrogens is 1. The number of carbonyl (C=O) groups is 1. The van der Waals surface area contributed by atoms with Crippen molar-refractivity contribution in [3.8, 4) is 0 Å². The van der Waals surface area contributed by atoms with E-state index < -0.39 is 17.8 Å². The molecule has 0 saturated heterocycles. The number of rotatable bonds is 3. The van der Waals surface area contributed by atoms with Gasteiger partial charge in [-0.3, -0.25) is 14.6 Å². The van der Waals surface area contributed by atoms with Gasteiger partial charge in [0.2, 0.25) is 5.91 Å². The molecule has 2 N–H and O–H groups in total. The van der Waals surface area contributed by atoms with Crippen molar-refractivity contribution in [2.75, 3.05) is 5.32 Å². The average Bonchev–Trinajstić information content (AvgIpc) is 3.06. The summed E-state index contributed by atoms with van der Waals surface area (Å²) in [6.07, 6.45) is -1.37. The Bertz CT molecular complexity index is 1040. The topological polar surface area (TPSA) is 88.5 Å². The normalized spacial score (nSPS) is 14.7. The fourth-order valence-electron chi connectivity index (χ4n) is 3.61. The minimum atomic E-state index is -4.53. The van der Waals surface area contributed by atoms with Gasteiger partial charge < -0.3 is 5.32 Å². The number of carbonyl (C=O) groups excluding carboxylic acids is 1. The summed E-state index contributed by atoms with van der Waals surface area (Å²) in [6, 6.07) is 3.56. The molecule has 0 atom stereocenters. The number of fused-ring (bicyclic) bond motifs is 2. The molecule has 0 unspecified atom stereocenters. The van der Waals surface area contributed by atoms with Crippen molar-refractivity contribution in [1.82, 2.24) is 25.0 Å². The van der Waals surface area contributed by atoms with Gasteiger partial charge in [-0.15, -0.1) is 0 Å². The standard InChI is InChI=1S/C18H19F3N6O/c1-10-7-8-12-16(22-10)24-25-17(12)23-14(28)9-27-13-6-4-2-3-5-11(13)15(26-27)18(19,20)21/h7-8H,2-6,9H2,1H3,(H2,22,23,24,25,28). The van der Waals surface area contributed by atoms with Gasteiger partial charge >= 0.3 is 6.18 Å². The van der Waals surface area contributed by atoms with Gasteiger partial charge in [0.25, 0.3) is 0 Å². The van der Waals surface area contributed by atoms with E-state index in [9.17, 15) is 18.0 Å². The molecule has 0 fully saturated rings. The number of hydrogen-bond acceptors (Lipinski definition) is 4.